The van der Waals surface area contributed by atoms with Crippen molar-refractivity contribution in [2.45, 2.75) is 26.2 Å². The summed E-state index contributed by atoms with van der Waals surface area (Å²) in [5, 5.41) is 0. The summed E-state index contributed by atoms with van der Waals surface area (Å²) in [6, 6.07) is 3.54. The van der Waals surface area contributed by atoms with Crippen molar-refractivity contribution in [3.8, 4) is 11.5 Å². The first-order valence-corrected chi connectivity index (χ1v) is 7.05. The lowest BCUT2D eigenvalue weighted by molar-refractivity contribution is -0.144. The Hall–Kier alpha value is -2.04. The van der Waals surface area contributed by atoms with Gasteiger partial charge in [-0.2, -0.15) is 0 Å². The predicted molar refractivity (Wildman–Crippen MR) is 76.9 cm³/mol. The minimum atomic E-state index is -0.320. The molecule has 5 heteroatoms. The van der Waals surface area contributed by atoms with Crippen LogP contribution in [-0.4, -0.2) is 32.6 Å². The smallest absolute Gasteiger partial charge is 0.306 e. The highest BCUT2D eigenvalue weighted by atomic mass is 16.5. The van der Waals surface area contributed by atoms with E-state index in [9.17, 15) is 9.59 Å². The molecule has 114 valence electrons. The Labute approximate surface area is 124 Å². The molecule has 2 rings (SSSR count). The van der Waals surface area contributed by atoms with Crippen LogP contribution in [0.1, 0.15) is 35.7 Å². The van der Waals surface area contributed by atoms with E-state index in [4.69, 9.17) is 14.2 Å². The Morgan fingerprint density at radius 1 is 1.24 bits per heavy atom. The minimum Gasteiger partial charge on any atom is -0.493 e. The van der Waals surface area contributed by atoms with Gasteiger partial charge in [0.2, 0.25) is 0 Å². The van der Waals surface area contributed by atoms with Crippen molar-refractivity contribution in [2.75, 3.05) is 20.8 Å². The van der Waals surface area contributed by atoms with Crippen LogP contribution >= 0.6 is 0 Å². The largest absolute Gasteiger partial charge is 0.493 e. The Morgan fingerprint density at radius 2 is 1.90 bits per heavy atom. The van der Waals surface area contributed by atoms with Crippen molar-refractivity contribution >= 4 is 11.8 Å². The van der Waals surface area contributed by atoms with Crippen molar-refractivity contribution in [1.82, 2.24) is 0 Å². The molecule has 0 saturated heterocycles. The van der Waals surface area contributed by atoms with Crippen molar-refractivity contribution in [3.05, 3.63) is 23.3 Å². The fourth-order valence-corrected chi connectivity index (χ4v) is 2.65. The molecule has 0 aromatic heterocycles. The second-order valence-corrected chi connectivity index (χ2v) is 4.97. The lowest BCUT2D eigenvalue weighted by atomic mass is 9.81. The van der Waals surface area contributed by atoms with Gasteiger partial charge in [-0.05, 0) is 37.5 Å². The van der Waals surface area contributed by atoms with Gasteiger partial charge in [-0.25, -0.2) is 0 Å². The van der Waals surface area contributed by atoms with Gasteiger partial charge >= 0.3 is 5.97 Å². The van der Waals surface area contributed by atoms with Crippen LogP contribution in [0.5, 0.6) is 11.5 Å². The van der Waals surface area contributed by atoms with Gasteiger partial charge in [-0.1, -0.05) is 0 Å². The number of methoxy groups -OCH3 is 2. The monoisotopic (exact) mass is 292 g/mol. The fraction of sp³-hybridized carbons (Fsp3) is 0.500. The first kappa shape index (κ1) is 15.4. The van der Waals surface area contributed by atoms with Crippen LogP contribution < -0.4 is 9.47 Å². The Balaban J connectivity index is 2.24. The predicted octanol–water partition coefficient (Wildman–Crippen LogP) is 2.40. The Kier molecular flexibility index (Phi) is 4.83. The topological polar surface area (TPSA) is 61.8 Å². The van der Waals surface area contributed by atoms with E-state index in [2.05, 4.69) is 0 Å². The fourth-order valence-electron chi connectivity index (χ4n) is 2.65. The third-order valence-electron chi connectivity index (χ3n) is 3.73. The zero-order valence-electron chi connectivity index (χ0n) is 12.6. The maximum absolute atomic E-state index is 12.5. The van der Waals surface area contributed by atoms with Gasteiger partial charge in [-0.3, -0.25) is 9.59 Å². The number of carbonyl (C=O) groups excluding carboxylic acids is 2. The Morgan fingerprint density at radius 3 is 2.52 bits per heavy atom. The third kappa shape index (κ3) is 3.17. The standard InChI is InChI=1S/C16H20O5/c1-4-21-15(17)8-11-6-5-10-7-13(19-2)14(20-3)9-12(10)16(11)18/h7,9,11H,4-6,8H2,1-3H3. The number of esters is 1. The second-order valence-electron chi connectivity index (χ2n) is 4.97. The molecule has 21 heavy (non-hydrogen) atoms. The summed E-state index contributed by atoms with van der Waals surface area (Å²) in [6.45, 7) is 2.09. The number of hydrogen-bond acceptors (Lipinski definition) is 5. The molecule has 1 unspecified atom stereocenters. The van der Waals surface area contributed by atoms with E-state index in [-0.39, 0.29) is 24.1 Å². The average molecular weight is 292 g/mol. The molecule has 1 aliphatic rings. The first-order valence-electron chi connectivity index (χ1n) is 7.05. The summed E-state index contributed by atoms with van der Waals surface area (Å²) in [5.74, 6) is 0.494. The van der Waals surface area contributed by atoms with E-state index in [1.54, 1.807) is 20.1 Å². The maximum atomic E-state index is 12.5. The summed E-state index contributed by atoms with van der Waals surface area (Å²) in [7, 11) is 3.10. The molecule has 0 N–H and O–H groups in total. The number of carbonyl (C=O) groups is 2. The lowest BCUT2D eigenvalue weighted by Gasteiger charge is -2.24. The molecule has 0 saturated carbocycles. The zero-order valence-corrected chi connectivity index (χ0v) is 12.6. The Bertz CT molecular complexity index is 550. The molecular formula is C16H20O5. The van der Waals surface area contributed by atoms with E-state index in [0.29, 0.717) is 30.1 Å². The average Bonchev–Trinajstić information content (AvgIpc) is 2.49. The number of benzene rings is 1. The summed E-state index contributed by atoms with van der Waals surface area (Å²) in [4.78, 5) is 24.1. The summed E-state index contributed by atoms with van der Waals surface area (Å²) >= 11 is 0. The molecule has 1 aromatic rings. The van der Waals surface area contributed by atoms with E-state index >= 15 is 0 Å². The third-order valence-corrected chi connectivity index (χ3v) is 3.73. The molecule has 1 atom stereocenters. The number of fused-ring (bicyclic) bond motifs is 1. The number of aryl methyl sites for hydroxylation is 1. The number of rotatable bonds is 5. The first-order chi connectivity index (χ1) is 10.1. The van der Waals surface area contributed by atoms with E-state index < -0.39 is 0 Å². The summed E-state index contributed by atoms with van der Waals surface area (Å²) < 4.78 is 15.4. The molecule has 0 bridgehead atoms. The quantitative estimate of drug-likeness (QED) is 0.780. The van der Waals surface area contributed by atoms with Crippen LogP contribution in [0.3, 0.4) is 0 Å². The van der Waals surface area contributed by atoms with Crippen LogP contribution in [0.25, 0.3) is 0 Å². The second kappa shape index (κ2) is 6.61. The molecule has 0 amide bonds. The molecule has 1 aliphatic carbocycles. The van der Waals surface area contributed by atoms with Crippen LogP contribution in [-0.2, 0) is 16.0 Å². The molecular weight excluding hydrogens is 272 g/mol. The number of hydrogen-bond donors (Lipinski definition) is 0. The summed E-state index contributed by atoms with van der Waals surface area (Å²) in [5.41, 5.74) is 1.56. The summed E-state index contributed by atoms with van der Waals surface area (Å²) in [6.07, 6.45) is 1.53. The van der Waals surface area contributed by atoms with Gasteiger partial charge in [0.25, 0.3) is 0 Å². The van der Waals surface area contributed by atoms with E-state index in [1.807, 2.05) is 6.07 Å². The SMILES string of the molecule is CCOC(=O)CC1CCc2cc(OC)c(OC)cc2C1=O. The van der Waals surface area contributed by atoms with Crippen LogP contribution in [0, 0.1) is 5.92 Å². The van der Waals surface area contributed by atoms with Crippen molar-refractivity contribution in [1.29, 1.82) is 0 Å². The number of Topliss-reactive ketones (excluding diaryl/α,β-unsaturated/α-hetero) is 1. The minimum absolute atomic E-state index is 0.0229. The molecule has 0 radical (unpaired) electrons. The highest BCUT2D eigenvalue weighted by Crippen LogP contribution is 2.36. The zero-order chi connectivity index (χ0) is 15.4. The maximum Gasteiger partial charge on any atom is 0.306 e. The molecule has 0 fully saturated rings. The van der Waals surface area contributed by atoms with Crippen LogP contribution in [0.2, 0.25) is 0 Å². The van der Waals surface area contributed by atoms with Crippen LogP contribution in [0.15, 0.2) is 12.1 Å². The number of ether oxygens (including phenoxy) is 3. The van der Waals surface area contributed by atoms with Gasteiger partial charge in [0.1, 0.15) is 0 Å². The molecule has 1 aromatic carbocycles. The lowest BCUT2D eigenvalue weighted by Crippen LogP contribution is -2.26. The van der Waals surface area contributed by atoms with Gasteiger partial charge in [0, 0.05) is 11.5 Å². The van der Waals surface area contributed by atoms with Gasteiger partial charge in [0.15, 0.2) is 17.3 Å². The van der Waals surface area contributed by atoms with Crippen molar-refractivity contribution in [3.63, 3.8) is 0 Å². The number of ketones is 1. The molecule has 0 aliphatic heterocycles. The van der Waals surface area contributed by atoms with Crippen molar-refractivity contribution < 1.29 is 23.8 Å². The molecule has 0 spiro atoms. The van der Waals surface area contributed by atoms with E-state index in [0.717, 1.165) is 12.0 Å². The van der Waals surface area contributed by atoms with E-state index in [1.165, 1.54) is 7.11 Å². The highest BCUT2D eigenvalue weighted by Gasteiger charge is 2.30. The van der Waals surface area contributed by atoms with Crippen LogP contribution in [0.4, 0.5) is 0 Å². The highest BCUT2D eigenvalue weighted by molar-refractivity contribution is 6.02. The van der Waals surface area contributed by atoms with Gasteiger partial charge in [-0.15, -0.1) is 0 Å². The van der Waals surface area contributed by atoms with Gasteiger partial charge in [0.05, 0.1) is 27.2 Å². The van der Waals surface area contributed by atoms with Gasteiger partial charge < -0.3 is 14.2 Å². The molecule has 0 heterocycles. The normalized spacial score (nSPS) is 17.1. The van der Waals surface area contributed by atoms with Crippen molar-refractivity contribution in [2.24, 2.45) is 5.92 Å². The molecule has 5 nitrogen and oxygen atoms in total.